The lowest BCUT2D eigenvalue weighted by atomic mass is 9.86. The smallest absolute Gasteiger partial charge is 0.00159 e. The van der Waals surface area contributed by atoms with Gasteiger partial charge in [-0.05, 0) is 55.2 Å². The fraction of sp³-hybridized carbons (Fsp3) is 0.375. The Morgan fingerprint density at radius 2 is 1.65 bits per heavy atom. The predicted octanol–water partition coefficient (Wildman–Crippen LogP) is 3.65. The molecule has 1 aliphatic rings. The average molecular weight is 225 g/mol. The van der Waals surface area contributed by atoms with Crippen LogP contribution in [0.5, 0.6) is 0 Å². The number of benzene rings is 2. The second-order valence-corrected chi connectivity index (χ2v) is 5.15. The van der Waals surface area contributed by atoms with Crippen molar-refractivity contribution in [1.82, 2.24) is 4.90 Å². The number of likely N-dealkylation sites (tertiary alicyclic amines) is 1. The van der Waals surface area contributed by atoms with Gasteiger partial charge in [-0.3, -0.25) is 0 Å². The van der Waals surface area contributed by atoms with Crippen LogP contribution in [0.3, 0.4) is 0 Å². The summed E-state index contributed by atoms with van der Waals surface area (Å²) in [6, 6.07) is 15.5. The summed E-state index contributed by atoms with van der Waals surface area (Å²) in [7, 11) is 2.22. The van der Waals surface area contributed by atoms with E-state index in [1.807, 2.05) is 0 Å². The Labute approximate surface area is 103 Å². The number of hydrogen-bond donors (Lipinski definition) is 0. The van der Waals surface area contributed by atoms with E-state index in [1.54, 1.807) is 5.56 Å². The molecule has 0 spiro atoms. The number of fused-ring (bicyclic) bond motifs is 1. The summed E-state index contributed by atoms with van der Waals surface area (Å²) in [6.45, 7) is 2.46. The number of piperidine rings is 1. The quantitative estimate of drug-likeness (QED) is 0.716. The Kier molecular flexibility index (Phi) is 2.86. The zero-order valence-corrected chi connectivity index (χ0v) is 10.4. The van der Waals surface area contributed by atoms with Crippen LogP contribution in [-0.4, -0.2) is 25.0 Å². The van der Waals surface area contributed by atoms with Crippen LogP contribution in [0.1, 0.15) is 24.3 Å². The highest BCUT2D eigenvalue weighted by Gasteiger charge is 2.19. The first-order valence-electron chi connectivity index (χ1n) is 6.51. The Morgan fingerprint density at radius 3 is 2.47 bits per heavy atom. The Morgan fingerprint density at radius 1 is 0.941 bits per heavy atom. The molecule has 1 heterocycles. The van der Waals surface area contributed by atoms with Gasteiger partial charge in [-0.15, -0.1) is 0 Å². The van der Waals surface area contributed by atoms with Gasteiger partial charge in [0.05, 0.1) is 0 Å². The summed E-state index contributed by atoms with van der Waals surface area (Å²) >= 11 is 0. The molecule has 1 aliphatic heterocycles. The SMILES string of the molecule is CN1CCC(c2cccc3ccccc23)CC1. The highest BCUT2D eigenvalue weighted by molar-refractivity contribution is 5.86. The lowest BCUT2D eigenvalue weighted by molar-refractivity contribution is 0.256. The number of nitrogens with zero attached hydrogens (tertiary/aromatic N) is 1. The van der Waals surface area contributed by atoms with Crippen LogP contribution in [0, 0.1) is 0 Å². The molecule has 2 aromatic rings. The van der Waals surface area contributed by atoms with Gasteiger partial charge >= 0.3 is 0 Å². The van der Waals surface area contributed by atoms with Gasteiger partial charge in [0, 0.05) is 0 Å². The fourth-order valence-corrected chi connectivity index (χ4v) is 2.93. The first-order valence-corrected chi connectivity index (χ1v) is 6.51. The third-order valence-corrected chi connectivity index (χ3v) is 3.98. The van der Waals surface area contributed by atoms with Gasteiger partial charge in [0.15, 0.2) is 0 Å². The zero-order chi connectivity index (χ0) is 11.7. The molecule has 1 fully saturated rings. The van der Waals surface area contributed by atoms with Crippen LogP contribution >= 0.6 is 0 Å². The predicted molar refractivity (Wildman–Crippen MR) is 73.4 cm³/mol. The minimum absolute atomic E-state index is 0.747. The van der Waals surface area contributed by atoms with Crippen LogP contribution < -0.4 is 0 Å². The maximum Gasteiger partial charge on any atom is -0.00159 e. The van der Waals surface area contributed by atoms with Gasteiger partial charge in [0.1, 0.15) is 0 Å². The van der Waals surface area contributed by atoms with Crippen molar-refractivity contribution in [3.05, 3.63) is 48.0 Å². The third kappa shape index (κ3) is 2.07. The number of hydrogen-bond acceptors (Lipinski definition) is 1. The first-order chi connectivity index (χ1) is 8.34. The standard InChI is InChI=1S/C16H19N/c1-17-11-9-14(10-12-17)16-8-4-6-13-5-2-3-7-15(13)16/h2-8,14H,9-12H2,1H3. The Balaban J connectivity index is 2.00. The molecule has 17 heavy (non-hydrogen) atoms. The molecule has 88 valence electrons. The van der Waals surface area contributed by atoms with Gasteiger partial charge in [-0.2, -0.15) is 0 Å². The Bertz CT molecular complexity index is 504. The maximum absolute atomic E-state index is 2.43. The second-order valence-electron chi connectivity index (χ2n) is 5.15. The minimum Gasteiger partial charge on any atom is -0.306 e. The molecule has 1 saturated heterocycles. The summed E-state index contributed by atoms with van der Waals surface area (Å²) in [5.74, 6) is 0.747. The van der Waals surface area contributed by atoms with E-state index in [0.717, 1.165) is 5.92 Å². The van der Waals surface area contributed by atoms with Crippen molar-refractivity contribution in [2.45, 2.75) is 18.8 Å². The normalized spacial score (nSPS) is 18.6. The van der Waals surface area contributed by atoms with Crippen molar-refractivity contribution in [2.75, 3.05) is 20.1 Å². The fourth-order valence-electron chi connectivity index (χ4n) is 2.93. The molecule has 0 atom stereocenters. The largest absolute Gasteiger partial charge is 0.306 e. The summed E-state index contributed by atoms with van der Waals surface area (Å²) in [4.78, 5) is 2.43. The van der Waals surface area contributed by atoms with Crippen molar-refractivity contribution in [2.24, 2.45) is 0 Å². The number of rotatable bonds is 1. The monoisotopic (exact) mass is 225 g/mol. The average Bonchev–Trinajstić information content (AvgIpc) is 2.39. The van der Waals surface area contributed by atoms with E-state index in [-0.39, 0.29) is 0 Å². The van der Waals surface area contributed by atoms with Crippen molar-refractivity contribution < 1.29 is 0 Å². The molecule has 3 rings (SSSR count). The molecule has 0 unspecified atom stereocenters. The van der Waals surface area contributed by atoms with E-state index < -0.39 is 0 Å². The van der Waals surface area contributed by atoms with E-state index in [4.69, 9.17) is 0 Å². The van der Waals surface area contributed by atoms with Crippen molar-refractivity contribution in [3.8, 4) is 0 Å². The Hall–Kier alpha value is -1.34. The molecular weight excluding hydrogens is 206 g/mol. The van der Waals surface area contributed by atoms with Crippen LogP contribution in [-0.2, 0) is 0 Å². The topological polar surface area (TPSA) is 3.24 Å². The van der Waals surface area contributed by atoms with Crippen molar-refractivity contribution in [1.29, 1.82) is 0 Å². The summed E-state index contributed by atoms with van der Waals surface area (Å²) in [5, 5.41) is 2.83. The van der Waals surface area contributed by atoms with E-state index >= 15 is 0 Å². The van der Waals surface area contributed by atoms with Gasteiger partial charge < -0.3 is 4.90 Å². The van der Waals surface area contributed by atoms with Crippen LogP contribution in [0.15, 0.2) is 42.5 Å². The third-order valence-electron chi connectivity index (χ3n) is 3.98. The summed E-state index contributed by atoms with van der Waals surface area (Å²) in [6.07, 6.45) is 2.59. The molecule has 0 aromatic heterocycles. The van der Waals surface area contributed by atoms with Gasteiger partial charge in [0.25, 0.3) is 0 Å². The van der Waals surface area contributed by atoms with Crippen LogP contribution in [0.25, 0.3) is 10.8 Å². The lowest BCUT2D eigenvalue weighted by Gasteiger charge is -2.29. The molecular formula is C16H19N. The summed E-state index contributed by atoms with van der Waals surface area (Å²) in [5.41, 5.74) is 1.55. The molecule has 0 saturated carbocycles. The maximum atomic E-state index is 2.43. The molecule has 1 heteroatoms. The second kappa shape index (κ2) is 4.50. The van der Waals surface area contributed by atoms with E-state index in [1.165, 1.54) is 36.7 Å². The zero-order valence-electron chi connectivity index (χ0n) is 10.4. The van der Waals surface area contributed by atoms with Crippen molar-refractivity contribution >= 4 is 10.8 Å². The molecule has 0 amide bonds. The summed E-state index contributed by atoms with van der Waals surface area (Å²) < 4.78 is 0. The van der Waals surface area contributed by atoms with Crippen LogP contribution in [0.4, 0.5) is 0 Å². The first kappa shape index (κ1) is 10.8. The van der Waals surface area contributed by atoms with Gasteiger partial charge in [0.2, 0.25) is 0 Å². The molecule has 0 bridgehead atoms. The van der Waals surface area contributed by atoms with Gasteiger partial charge in [-0.25, -0.2) is 0 Å². The van der Waals surface area contributed by atoms with E-state index in [9.17, 15) is 0 Å². The molecule has 1 nitrogen and oxygen atoms in total. The molecule has 0 aliphatic carbocycles. The van der Waals surface area contributed by atoms with E-state index in [2.05, 4.69) is 54.4 Å². The highest BCUT2D eigenvalue weighted by atomic mass is 15.1. The van der Waals surface area contributed by atoms with E-state index in [0.29, 0.717) is 0 Å². The van der Waals surface area contributed by atoms with Gasteiger partial charge in [-0.1, -0.05) is 42.5 Å². The lowest BCUT2D eigenvalue weighted by Crippen LogP contribution is -2.29. The molecule has 0 N–H and O–H groups in total. The van der Waals surface area contributed by atoms with Crippen LogP contribution in [0.2, 0.25) is 0 Å². The van der Waals surface area contributed by atoms with Crippen molar-refractivity contribution in [3.63, 3.8) is 0 Å². The molecule has 2 aromatic carbocycles. The highest BCUT2D eigenvalue weighted by Crippen LogP contribution is 2.32. The molecule has 0 radical (unpaired) electrons. The minimum atomic E-state index is 0.747.